The van der Waals surface area contributed by atoms with E-state index in [9.17, 15) is 0 Å². The Balaban J connectivity index is 1.67. The first-order valence-corrected chi connectivity index (χ1v) is 6.65. The number of benzene rings is 1. The molecule has 3 aliphatic carbocycles. The van der Waals surface area contributed by atoms with E-state index in [4.69, 9.17) is 10.7 Å². The molecule has 5 rings (SSSR count). The zero-order valence-corrected chi connectivity index (χ0v) is 10.2. The maximum Gasteiger partial charge on any atom is 0.173 e. The van der Waals surface area contributed by atoms with Gasteiger partial charge < -0.3 is 5.73 Å². The van der Waals surface area contributed by atoms with Crippen LogP contribution in [-0.2, 0) is 5.41 Å². The van der Waals surface area contributed by atoms with Crippen molar-refractivity contribution in [1.82, 2.24) is 9.36 Å². The molecule has 3 saturated carbocycles. The summed E-state index contributed by atoms with van der Waals surface area (Å²) in [6, 6.07) is 10.2. The van der Waals surface area contributed by atoms with Crippen LogP contribution in [0, 0.1) is 0 Å². The Labute approximate surface area is 104 Å². The van der Waals surface area contributed by atoms with Crippen LogP contribution in [0.1, 0.15) is 24.3 Å². The van der Waals surface area contributed by atoms with Gasteiger partial charge in [-0.25, -0.2) is 4.98 Å². The van der Waals surface area contributed by atoms with Gasteiger partial charge in [0.1, 0.15) is 5.01 Å². The third-order valence-electron chi connectivity index (χ3n) is 3.98. The Bertz CT molecular complexity index is 556. The van der Waals surface area contributed by atoms with Gasteiger partial charge >= 0.3 is 0 Å². The minimum Gasteiger partial charge on any atom is -0.325 e. The topological polar surface area (TPSA) is 51.8 Å². The Kier molecular flexibility index (Phi) is 1.69. The summed E-state index contributed by atoms with van der Waals surface area (Å²) in [6.45, 7) is 0. The normalized spacial score (nSPS) is 33.9. The van der Waals surface area contributed by atoms with Crippen LogP contribution in [0.15, 0.2) is 30.3 Å². The van der Waals surface area contributed by atoms with Crippen LogP contribution in [0.25, 0.3) is 11.4 Å². The van der Waals surface area contributed by atoms with Gasteiger partial charge in [0.25, 0.3) is 0 Å². The molecular formula is C13H13N3S. The van der Waals surface area contributed by atoms with Crippen LogP contribution in [0.5, 0.6) is 0 Å². The summed E-state index contributed by atoms with van der Waals surface area (Å²) in [7, 11) is 0. The molecule has 86 valence electrons. The highest BCUT2D eigenvalue weighted by atomic mass is 32.1. The zero-order chi connectivity index (χ0) is 11.5. The van der Waals surface area contributed by atoms with Gasteiger partial charge in [-0.15, -0.1) is 0 Å². The van der Waals surface area contributed by atoms with Gasteiger partial charge in [0.2, 0.25) is 0 Å². The minimum atomic E-state index is 0.137. The number of aromatic nitrogens is 2. The van der Waals surface area contributed by atoms with Crippen LogP contribution in [0.3, 0.4) is 0 Å². The standard InChI is InChI=1S/C13H13N3S/c14-13-6-12(7-13,8-13)11-15-10(16-17-11)9-4-2-1-3-5-9/h1-5H,6-8,14H2. The van der Waals surface area contributed by atoms with Gasteiger partial charge in [0.15, 0.2) is 5.82 Å². The van der Waals surface area contributed by atoms with Crippen LogP contribution in [0.4, 0.5) is 0 Å². The predicted molar refractivity (Wildman–Crippen MR) is 67.8 cm³/mol. The maximum atomic E-state index is 6.08. The van der Waals surface area contributed by atoms with Crippen molar-refractivity contribution in [3.8, 4) is 11.4 Å². The summed E-state index contributed by atoms with van der Waals surface area (Å²) in [5, 5.41) is 1.18. The van der Waals surface area contributed by atoms with Crippen molar-refractivity contribution < 1.29 is 0 Å². The summed E-state index contributed by atoms with van der Waals surface area (Å²) in [5.41, 5.74) is 7.61. The molecule has 2 bridgehead atoms. The average Bonchev–Trinajstić information content (AvgIpc) is 2.74. The van der Waals surface area contributed by atoms with E-state index < -0.39 is 0 Å². The first-order chi connectivity index (χ1) is 8.19. The quantitative estimate of drug-likeness (QED) is 0.880. The number of hydrogen-bond donors (Lipinski definition) is 1. The van der Waals surface area contributed by atoms with Crippen LogP contribution in [-0.4, -0.2) is 14.9 Å². The molecule has 3 fully saturated rings. The molecule has 1 aromatic heterocycles. The molecule has 2 aromatic rings. The third kappa shape index (κ3) is 1.25. The van der Waals surface area contributed by atoms with E-state index in [1.54, 1.807) is 11.5 Å². The lowest BCUT2D eigenvalue weighted by molar-refractivity contribution is -0.0590. The number of hydrogen-bond acceptors (Lipinski definition) is 4. The Morgan fingerprint density at radius 1 is 1.12 bits per heavy atom. The summed E-state index contributed by atoms with van der Waals surface area (Å²) in [6.07, 6.45) is 3.30. The van der Waals surface area contributed by atoms with Crippen molar-refractivity contribution >= 4 is 11.5 Å². The second kappa shape index (κ2) is 2.94. The molecule has 0 amide bonds. The molecule has 3 aliphatic rings. The van der Waals surface area contributed by atoms with E-state index in [1.807, 2.05) is 18.2 Å². The smallest absolute Gasteiger partial charge is 0.173 e. The predicted octanol–water partition coefficient (Wildman–Crippen LogP) is 2.34. The molecule has 0 aliphatic heterocycles. The van der Waals surface area contributed by atoms with Crippen LogP contribution < -0.4 is 5.73 Å². The van der Waals surface area contributed by atoms with Gasteiger partial charge in [0.05, 0.1) is 0 Å². The molecule has 0 saturated heterocycles. The highest BCUT2D eigenvalue weighted by Gasteiger charge is 2.68. The van der Waals surface area contributed by atoms with E-state index in [0.717, 1.165) is 30.7 Å². The van der Waals surface area contributed by atoms with Gasteiger partial charge in [-0.05, 0) is 30.8 Å². The molecule has 0 unspecified atom stereocenters. The van der Waals surface area contributed by atoms with Gasteiger partial charge in [-0.2, -0.15) is 4.37 Å². The first-order valence-electron chi connectivity index (χ1n) is 5.88. The molecule has 1 aromatic carbocycles. The lowest BCUT2D eigenvalue weighted by atomic mass is 9.40. The fourth-order valence-corrected chi connectivity index (χ4v) is 4.09. The van der Waals surface area contributed by atoms with Crippen LogP contribution >= 0.6 is 11.5 Å². The van der Waals surface area contributed by atoms with Gasteiger partial charge in [-0.1, -0.05) is 30.3 Å². The monoisotopic (exact) mass is 243 g/mol. The molecule has 3 nitrogen and oxygen atoms in total. The van der Waals surface area contributed by atoms with Gasteiger partial charge in [0, 0.05) is 16.5 Å². The molecule has 0 atom stereocenters. The van der Waals surface area contributed by atoms with E-state index in [2.05, 4.69) is 16.5 Å². The molecule has 2 N–H and O–H groups in total. The largest absolute Gasteiger partial charge is 0.325 e. The second-order valence-corrected chi connectivity index (χ2v) is 6.21. The first kappa shape index (κ1) is 9.74. The molecule has 0 spiro atoms. The highest BCUT2D eigenvalue weighted by Crippen LogP contribution is 2.66. The second-order valence-electron chi connectivity index (χ2n) is 5.46. The van der Waals surface area contributed by atoms with Crippen molar-refractivity contribution in [1.29, 1.82) is 0 Å². The van der Waals surface area contributed by atoms with Crippen molar-refractivity contribution in [3.63, 3.8) is 0 Å². The van der Waals surface area contributed by atoms with E-state index in [-0.39, 0.29) is 5.54 Å². The van der Waals surface area contributed by atoms with Gasteiger partial charge in [-0.3, -0.25) is 0 Å². The van der Waals surface area contributed by atoms with E-state index in [0.29, 0.717) is 5.41 Å². The van der Waals surface area contributed by atoms with E-state index in [1.165, 1.54) is 5.01 Å². The lowest BCUT2D eigenvalue weighted by Crippen LogP contribution is -2.74. The molecule has 17 heavy (non-hydrogen) atoms. The molecule has 4 heteroatoms. The average molecular weight is 243 g/mol. The molecule has 0 radical (unpaired) electrons. The maximum absolute atomic E-state index is 6.08. The van der Waals surface area contributed by atoms with Crippen molar-refractivity contribution in [2.24, 2.45) is 5.73 Å². The van der Waals surface area contributed by atoms with Crippen molar-refractivity contribution in [2.45, 2.75) is 30.2 Å². The Hall–Kier alpha value is -1.26. The van der Waals surface area contributed by atoms with Crippen molar-refractivity contribution in [2.75, 3.05) is 0 Å². The minimum absolute atomic E-state index is 0.137. The Morgan fingerprint density at radius 3 is 2.47 bits per heavy atom. The number of nitrogens with two attached hydrogens (primary N) is 1. The summed E-state index contributed by atoms with van der Waals surface area (Å²) >= 11 is 1.55. The lowest BCUT2D eigenvalue weighted by Gasteiger charge is -2.67. The number of rotatable bonds is 2. The Morgan fingerprint density at radius 2 is 1.82 bits per heavy atom. The fourth-order valence-electron chi connectivity index (χ4n) is 3.24. The molecular weight excluding hydrogens is 230 g/mol. The van der Waals surface area contributed by atoms with E-state index >= 15 is 0 Å². The zero-order valence-electron chi connectivity index (χ0n) is 9.39. The van der Waals surface area contributed by atoms with Crippen molar-refractivity contribution in [3.05, 3.63) is 35.3 Å². The molecule has 1 heterocycles. The third-order valence-corrected chi connectivity index (χ3v) is 4.94. The summed E-state index contributed by atoms with van der Waals surface area (Å²) in [5.74, 6) is 0.862. The fraction of sp³-hybridized carbons (Fsp3) is 0.385. The highest BCUT2D eigenvalue weighted by molar-refractivity contribution is 7.05. The summed E-state index contributed by atoms with van der Waals surface area (Å²) < 4.78 is 4.47. The number of nitrogens with zero attached hydrogens (tertiary/aromatic N) is 2. The summed E-state index contributed by atoms with van der Waals surface area (Å²) in [4.78, 5) is 4.70. The van der Waals surface area contributed by atoms with Crippen LogP contribution in [0.2, 0.25) is 0 Å². The SMILES string of the molecule is NC12CC(c3nc(-c4ccccc4)ns3)(C1)C2.